The van der Waals surface area contributed by atoms with Crippen molar-refractivity contribution in [3.8, 4) is 11.1 Å². The normalized spacial score (nSPS) is 12.8. The Morgan fingerprint density at radius 1 is 0.875 bits per heavy atom. The van der Waals surface area contributed by atoms with Crippen molar-refractivity contribution in [2.45, 2.75) is 58.3 Å². The molecule has 3 aromatic rings. The molecular formula is C29H31F3. The van der Waals surface area contributed by atoms with Gasteiger partial charge in [0.05, 0.1) is 0 Å². The van der Waals surface area contributed by atoms with E-state index in [1.165, 1.54) is 23.8 Å². The van der Waals surface area contributed by atoms with Gasteiger partial charge in [0.15, 0.2) is 0 Å². The maximum atomic E-state index is 15.1. The van der Waals surface area contributed by atoms with Gasteiger partial charge in [0, 0.05) is 24.0 Å². The molecule has 0 heterocycles. The van der Waals surface area contributed by atoms with Crippen molar-refractivity contribution in [2.75, 3.05) is 0 Å². The van der Waals surface area contributed by atoms with Crippen molar-refractivity contribution in [3.05, 3.63) is 101 Å². The third-order valence-corrected chi connectivity index (χ3v) is 6.44. The van der Waals surface area contributed by atoms with E-state index in [0.717, 1.165) is 36.5 Å². The van der Waals surface area contributed by atoms with E-state index in [2.05, 4.69) is 44.7 Å². The van der Waals surface area contributed by atoms with Crippen LogP contribution in [0, 0.1) is 5.82 Å². The van der Waals surface area contributed by atoms with E-state index in [1.807, 2.05) is 6.92 Å². The Morgan fingerprint density at radius 2 is 1.47 bits per heavy atom. The zero-order valence-electron chi connectivity index (χ0n) is 19.3. The molecule has 0 aliphatic rings. The summed E-state index contributed by atoms with van der Waals surface area (Å²) >= 11 is 0. The van der Waals surface area contributed by atoms with Gasteiger partial charge < -0.3 is 0 Å². The standard InChI is InChI=1S/C29H31F3/c1-6-21(7-2)23-14-12-22(13-15-23)19(3)20(4)24-16-17-26(28(30)18-24)25-10-8-9-11-27(25)29(5,31)32/h8-18,20-21H,3,6-7H2,1-2,4-5H3. The fraction of sp³-hybridized carbons (Fsp3) is 0.310. The highest BCUT2D eigenvalue weighted by molar-refractivity contribution is 5.72. The molecular weight excluding hydrogens is 405 g/mol. The van der Waals surface area contributed by atoms with Crippen LogP contribution in [0.2, 0.25) is 0 Å². The monoisotopic (exact) mass is 436 g/mol. The Bertz CT molecular complexity index is 1070. The molecule has 0 bridgehead atoms. The lowest BCUT2D eigenvalue weighted by molar-refractivity contribution is 0.0181. The second-order valence-corrected chi connectivity index (χ2v) is 8.56. The second-order valence-electron chi connectivity index (χ2n) is 8.56. The molecule has 0 nitrogen and oxygen atoms in total. The minimum atomic E-state index is -3.05. The fourth-order valence-corrected chi connectivity index (χ4v) is 4.30. The molecule has 1 atom stereocenters. The van der Waals surface area contributed by atoms with E-state index in [0.29, 0.717) is 5.92 Å². The minimum Gasteiger partial charge on any atom is -0.206 e. The molecule has 0 aliphatic heterocycles. The van der Waals surface area contributed by atoms with Crippen molar-refractivity contribution >= 4 is 5.57 Å². The van der Waals surface area contributed by atoms with Gasteiger partial charge >= 0.3 is 0 Å². The average Bonchev–Trinajstić information content (AvgIpc) is 2.79. The van der Waals surface area contributed by atoms with Crippen LogP contribution in [-0.4, -0.2) is 0 Å². The highest BCUT2D eigenvalue weighted by Crippen LogP contribution is 2.38. The highest BCUT2D eigenvalue weighted by Gasteiger charge is 2.28. The van der Waals surface area contributed by atoms with Crippen LogP contribution in [0.4, 0.5) is 13.2 Å². The first-order valence-corrected chi connectivity index (χ1v) is 11.2. The number of rotatable bonds is 8. The number of allylic oxidation sites excluding steroid dienone is 1. The molecule has 3 rings (SSSR count). The predicted molar refractivity (Wildman–Crippen MR) is 129 cm³/mol. The van der Waals surface area contributed by atoms with Gasteiger partial charge in [0.2, 0.25) is 0 Å². The fourth-order valence-electron chi connectivity index (χ4n) is 4.30. The second kappa shape index (κ2) is 9.77. The molecule has 1 unspecified atom stereocenters. The molecule has 3 aromatic carbocycles. The molecule has 32 heavy (non-hydrogen) atoms. The molecule has 0 N–H and O–H groups in total. The molecule has 0 spiro atoms. The van der Waals surface area contributed by atoms with Gasteiger partial charge in [0.1, 0.15) is 5.82 Å². The van der Waals surface area contributed by atoms with Gasteiger partial charge in [0.25, 0.3) is 5.92 Å². The number of hydrogen-bond acceptors (Lipinski definition) is 0. The van der Waals surface area contributed by atoms with Crippen LogP contribution in [-0.2, 0) is 5.92 Å². The quantitative estimate of drug-likeness (QED) is 0.330. The van der Waals surface area contributed by atoms with Gasteiger partial charge in [-0.25, -0.2) is 13.2 Å². The zero-order chi connectivity index (χ0) is 23.5. The van der Waals surface area contributed by atoms with Crippen molar-refractivity contribution in [1.29, 1.82) is 0 Å². The van der Waals surface area contributed by atoms with Gasteiger partial charge in [-0.2, -0.15) is 0 Å². The first kappa shape index (κ1) is 23.8. The molecule has 0 fully saturated rings. The maximum Gasteiger partial charge on any atom is 0.271 e. The summed E-state index contributed by atoms with van der Waals surface area (Å²) in [5.74, 6) is -3.12. The Kier molecular flexibility index (Phi) is 7.28. The van der Waals surface area contributed by atoms with Crippen LogP contribution >= 0.6 is 0 Å². The van der Waals surface area contributed by atoms with E-state index in [9.17, 15) is 8.78 Å². The summed E-state index contributed by atoms with van der Waals surface area (Å²) in [6.07, 6.45) is 2.21. The van der Waals surface area contributed by atoms with E-state index < -0.39 is 11.7 Å². The minimum absolute atomic E-state index is 0.111. The molecule has 0 saturated carbocycles. The van der Waals surface area contributed by atoms with Gasteiger partial charge in [-0.15, -0.1) is 0 Å². The number of halogens is 3. The molecule has 0 amide bonds. The third kappa shape index (κ3) is 4.98. The van der Waals surface area contributed by atoms with E-state index in [1.54, 1.807) is 24.3 Å². The van der Waals surface area contributed by atoms with Crippen LogP contribution in [0.15, 0.2) is 73.3 Å². The molecule has 0 radical (unpaired) electrons. The van der Waals surface area contributed by atoms with Gasteiger partial charge in [-0.05, 0) is 52.7 Å². The van der Waals surface area contributed by atoms with Crippen LogP contribution in [0.3, 0.4) is 0 Å². The van der Waals surface area contributed by atoms with Crippen LogP contribution in [0.25, 0.3) is 16.7 Å². The molecule has 3 heteroatoms. The lowest BCUT2D eigenvalue weighted by Crippen LogP contribution is -2.09. The summed E-state index contributed by atoms with van der Waals surface area (Å²) in [5.41, 5.74) is 4.22. The molecule has 168 valence electrons. The van der Waals surface area contributed by atoms with Gasteiger partial charge in [-0.1, -0.05) is 88.0 Å². The smallest absolute Gasteiger partial charge is 0.206 e. The first-order chi connectivity index (χ1) is 15.2. The Labute approximate surface area is 189 Å². The summed E-state index contributed by atoms with van der Waals surface area (Å²) in [4.78, 5) is 0. The topological polar surface area (TPSA) is 0 Å². The number of alkyl halides is 2. The first-order valence-electron chi connectivity index (χ1n) is 11.2. The summed E-state index contributed by atoms with van der Waals surface area (Å²) in [6, 6.07) is 19.4. The van der Waals surface area contributed by atoms with E-state index >= 15 is 4.39 Å². The summed E-state index contributed by atoms with van der Waals surface area (Å²) in [5, 5.41) is 0. The predicted octanol–water partition coefficient (Wildman–Crippen LogP) is 9.32. The summed E-state index contributed by atoms with van der Waals surface area (Å²) in [7, 11) is 0. The summed E-state index contributed by atoms with van der Waals surface area (Å²) in [6.45, 7) is 11.5. The van der Waals surface area contributed by atoms with Crippen LogP contribution < -0.4 is 0 Å². The number of hydrogen-bond donors (Lipinski definition) is 0. The van der Waals surface area contributed by atoms with Crippen LogP contribution in [0.1, 0.15) is 74.6 Å². The summed E-state index contributed by atoms with van der Waals surface area (Å²) < 4.78 is 43.1. The highest BCUT2D eigenvalue weighted by atomic mass is 19.3. The molecule has 0 saturated heterocycles. The van der Waals surface area contributed by atoms with Crippen molar-refractivity contribution in [1.82, 2.24) is 0 Å². The molecule has 0 aliphatic carbocycles. The van der Waals surface area contributed by atoms with Crippen molar-refractivity contribution < 1.29 is 13.2 Å². The largest absolute Gasteiger partial charge is 0.271 e. The van der Waals surface area contributed by atoms with E-state index in [4.69, 9.17) is 0 Å². The zero-order valence-corrected chi connectivity index (χ0v) is 19.3. The van der Waals surface area contributed by atoms with Crippen molar-refractivity contribution in [3.63, 3.8) is 0 Å². The number of benzene rings is 3. The van der Waals surface area contributed by atoms with Gasteiger partial charge in [-0.3, -0.25) is 0 Å². The lowest BCUT2D eigenvalue weighted by Gasteiger charge is -2.19. The Hall–Kier alpha value is -2.81. The van der Waals surface area contributed by atoms with Crippen LogP contribution in [0.5, 0.6) is 0 Å². The SMILES string of the molecule is C=C(c1ccc(C(CC)CC)cc1)C(C)c1ccc(-c2ccccc2C(C)(F)F)c(F)c1. The average molecular weight is 437 g/mol. The Morgan fingerprint density at radius 3 is 2.03 bits per heavy atom. The Balaban J connectivity index is 1.87. The van der Waals surface area contributed by atoms with Crippen molar-refractivity contribution in [2.24, 2.45) is 0 Å². The van der Waals surface area contributed by atoms with E-state index in [-0.39, 0.29) is 22.6 Å². The lowest BCUT2D eigenvalue weighted by atomic mass is 9.86. The molecule has 0 aromatic heterocycles. The maximum absolute atomic E-state index is 15.1. The third-order valence-electron chi connectivity index (χ3n) is 6.44.